The van der Waals surface area contributed by atoms with Crippen LogP contribution in [0.3, 0.4) is 0 Å². The number of carbonyl (C=O) groups excluding carboxylic acids is 2. The van der Waals surface area contributed by atoms with Crippen molar-refractivity contribution >= 4 is 22.6 Å². The van der Waals surface area contributed by atoms with E-state index < -0.39 is 0 Å². The molecule has 0 spiro atoms. The third kappa shape index (κ3) is 3.11. The van der Waals surface area contributed by atoms with Crippen LogP contribution in [-0.4, -0.2) is 52.8 Å². The number of amides is 2. The van der Waals surface area contributed by atoms with Gasteiger partial charge in [0.1, 0.15) is 5.69 Å². The van der Waals surface area contributed by atoms with Gasteiger partial charge in [0.05, 0.1) is 0 Å². The molecule has 0 aliphatic carbocycles. The Bertz CT molecular complexity index is 785. The van der Waals surface area contributed by atoms with Gasteiger partial charge in [0.25, 0.3) is 5.91 Å². The lowest BCUT2D eigenvalue weighted by molar-refractivity contribution is -0.135. The average Bonchev–Trinajstić information content (AvgIpc) is 3.21. The predicted molar refractivity (Wildman–Crippen MR) is 96.2 cm³/mol. The quantitative estimate of drug-likeness (QED) is 0.847. The van der Waals surface area contributed by atoms with Crippen molar-refractivity contribution in [2.24, 2.45) is 5.92 Å². The van der Waals surface area contributed by atoms with Crippen LogP contribution in [-0.2, 0) is 4.79 Å². The summed E-state index contributed by atoms with van der Waals surface area (Å²) in [4.78, 5) is 33.6. The number of fused-ring (bicyclic) bond motifs is 1. The fourth-order valence-electron chi connectivity index (χ4n) is 3.97. The topological polar surface area (TPSA) is 53.5 Å². The van der Waals surface area contributed by atoms with E-state index in [9.17, 15) is 9.59 Å². The number of pyridine rings is 1. The van der Waals surface area contributed by atoms with Gasteiger partial charge in [-0.25, -0.2) is 0 Å². The largest absolute Gasteiger partial charge is 0.342 e. The summed E-state index contributed by atoms with van der Waals surface area (Å²) in [6.07, 6.45) is 5.45. The molecule has 4 rings (SSSR count). The van der Waals surface area contributed by atoms with Gasteiger partial charge in [-0.05, 0) is 37.1 Å². The first-order valence-corrected chi connectivity index (χ1v) is 9.16. The molecular weight excluding hydrogens is 314 g/mol. The van der Waals surface area contributed by atoms with Crippen molar-refractivity contribution in [3.05, 3.63) is 42.2 Å². The standard InChI is InChI=1S/C20H23N3O2/c24-19(22-11-3-4-12-22)16-8-13-23(14-9-16)20(25)18-17-6-2-1-5-15(17)7-10-21-18/h1-2,5-7,10,16H,3-4,8-9,11-14H2. The maximum Gasteiger partial charge on any atom is 0.273 e. The van der Waals surface area contributed by atoms with Gasteiger partial charge in [-0.3, -0.25) is 14.6 Å². The Kier molecular flexibility index (Phi) is 4.38. The Balaban J connectivity index is 1.45. The molecule has 5 heteroatoms. The van der Waals surface area contributed by atoms with E-state index in [0.717, 1.165) is 49.5 Å². The zero-order valence-corrected chi connectivity index (χ0v) is 14.4. The SMILES string of the molecule is O=C(c1nccc2ccccc12)N1CCC(C(=O)N2CCCC2)CC1. The summed E-state index contributed by atoms with van der Waals surface area (Å²) >= 11 is 0. The van der Waals surface area contributed by atoms with E-state index >= 15 is 0 Å². The summed E-state index contributed by atoms with van der Waals surface area (Å²) in [6.45, 7) is 3.07. The van der Waals surface area contributed by atoms with E-state index in [0.29, 0.717) is 18.8 Å². The number of aromatic nitrogens is 1. The van der Waals surface area contributed by atoms with E-state index in [-0.39, 0.29) is 17.7 Å². The molecule has 0 radical (unpaired) electrons. The van der Waals surface area contributed by atoms with E-state index in [1.807, 2.05) is 40.1 Å². The first-order chi connectivity index (χ1) is 12.2. The molecular formula is C20H23N3O2. The number of rotatable bonds is 2. The van der Waals surface area contributed by atoms with Gasteiger partial charge in [0.2, 0.25) is 5.91 Å². The van der Waals surface area contributed by atoms with Gasteiger partial charge in [0.15, 0.2) is 0 Å². The normalized spacial score (nSPS) is 18.7. The van der Waals surface area contributed by atoms with Crippen molar-refractivity contribution in [2.75, 3.05) is 26.2 Å². The minimum atomic E-state index is -0.0242. The first kappa shape index (κ1) is 16.1. The van der Waals surface area contributed by atoms with Crippen molar-refractivity contribution in [2.45, 2.75) is 25.7 Å². The second-order valence-corrected chi connectivity index (χ2v) is 6.98. The fraction of sp³-hybridized carbons (Fsp3) is 0.450. The van der Waals surface area contributed by atoms with Crippen molar-refractivity contribution in [1.29, 1.82) is 0 Å². The lowest BCUT2D eigenvalue weighted by Gasteiger charge is -2.33. The zero-order valence-electron chi connectivity index (χ0n) is 14.4. The highest BCUT2D eigenvalue weighted by Crippen LogP contribution is 2.24. The van der Waals surface area contributed by atoms with Crippen LogP contribution in [0.15, 0.2) is 36.5 Å². The molecule has 2 saturated heterocycles. The van der Waals surface area contributed by atoms with Gasteiger partial charge >= 0.3 is 0 Å². The number of carbonyl (C=O) groups is 2. The maximum absolute atomic E-state index is 12.9. The summed E-state index contributed by atoms with van der Waals surface area (Å²) in [7, 11) is 0. The third-order valence-electron chi connectivity index (χ3n) is 5.43. The molecule has 0 saturated carbocycles. The van der Waals surface area contributed by atoms with Crippen LogP contribution in [0.4, 0.5) is 0 Å². The summed E-state index contributed by atoms with van der Waals surface area (Å²) in [5.74, 6) is 0.333. The van der Waals surface area contributed by atoms with Crippen molar-refractivity contribution in [1.82, 2.24) is 14.8 Å². The van der Waals surface area contributed by atoms with Crippen molar-refractivity contribution in [3.63, 3.8) is 0 Å². The van der Waals surface area contributed by atoms with Crippen LogP contribution in [0, 0.1) is 5.92 Å². The molecule has 0 unspecified atom stereocenters. The summed E-state index contributed by atoms with van der Waals surface area (Å²) in [5, 5.41) is 1.92. The van der Waals surface area contributed by atoms with Gasteiger partial charge in [-0.15, -0.1) is 0 Å². The molecule has 2 fully saturated rings. The van der Waals surface area contributed by atoms with E-state index in [4.69, 9.17) is 0 Å². The molecule has 25 heavy (non-hydrogen) atoms. The highest BCUT2D eigenvalue weighted by atomic mass is 16.2. The molecule has 0 bridgehead atoms. The molecule has 2 aliphatic rings. The van der Waals surface area contributed by atoms with Crippen molar-refractivity contribution in [3.8, 4) is 0 Å². The Morgan fingerprint density at radius 1 is 0.920 bits per heavy atom. The van der Waals surface area contributed by atoms with E-state index in [1.165, 1.54) is 0 Å². The van der Waals surface area contributed by atoms with Gasteiger partial charge in [0, 0.05) is 43.7 Å². The number of benzene rings is 1. The summed E-state index contributed by atoms with van der Waals surface area (Å²) in [6, 6.07) is 9.76. The van der Waals surface area contributed by atoms with Crippen LogP contribution in [0.5, 0.6) is 0 Å². The van der Waals surface area contributed by atoms with Gasteiger partial charge in [-0.2, -0.15) is 0 Å². The molecule has 2 amide bonds. The number of hydrogen-bond acceptors (Lipinski definition) is 3. The van der Waals surface area contributed by atoms with Gasteiger partial charge < -0.3 is 9.80 Å². The average molecular weight is 337 g/mol. The van der Waals surface area contributed by atoms with Crippen LogP contribution >= 0.6 is 0 Å². The molecule has 3 heterocycles. The lowest BCUT2D eigenvalue weighted by Crippen LogP contribution is -2.44. The smallest absolute Gasteiger partial charge is 0.273 e. The Morgan fingerprint density at radius 2 is 1.64 bits per heavy atom. The maximum atomic E-state index is 12.9. The summed E-state index contributed by atoms with van der Waals surface area (Å²) in [5.41, 5.74) is 0.516. The number of nitrogens with zero attached hydrogens (tertiary/aromatic N) is 3. The number of hydrogen-bond donors (Lipinski definition) is 0. The first-order valence-electron chi connectivity index (χ1n) is 9.16. The molecule has 0 atom stereocenters. The molecule has 130 valence electrons. The number of piperidine rings is 1. The molecule has 2 aromatic rings. The van der Waals surface area contributed by atoms with Crippen LogP contribution in [0.1, 0.15) is 36.2 Å². The molecule has 5 nitrogen and oxygen atoms in total. The van der Waals surface area contributed by atoms with Crippen LogP contribution in [0.2, 0.25) is 0 Å². The van der Waals surface area contributed by atoms with Crippen LogP contribution in [0.25, 0.3) is 10.8 Å². The Hall–Kier alpha value is -2.43. The van der Waals surface area contributed by atoms with E-state index in [1.54, 1.807) is 6.20 Å². The predicted octanol–water partition coefficient (Wildman–Crippen LogP) is 2.71. The zero-order chi connectivity index (χ0) is 17.2. The Morgan fingerprint density at radius 3 is 2.40 bits per heavy atom. The molecule has 1 aromatic carbocycles. The van der Waals surface area contributed by atoms with Gasteiger partial charge in [-0.1, -0.05) is 24.3 Å². The monoisotopic (exact) mass is 337 g/mol. The second-order valence-electron chi connectivity index (χ2n) is 6.98. The molecule has 0 N–H and O–H groups in total. The fourth-order valence-corrected chi connectivity index (χ4v) is 3.97. The van der Waals surface area contributed by atoms with E-state index in [2.05, 4.69) is 4.98 Å². The molecule has 2 aliphatic heterocycles. The minimum absolute atomic E-state index is 0.0242. The van der Waals surface area contributed by atoms with Crippen molar-refractivity contribution < 1.29 is 9.59 Å². The number of likely N-dealkylation sites (tertiary alicyclic amines) is 2. The lowest BCUT2D eigenvalue weighted by atomic mass is 9.95. The minimum Gasteiger partial charge on any atom is -0.342 e. The summed E-state index contributed by atoms with van der Waals surface area (Å²) < 4.78 is 0. The highest BCUT2D eigenvalue weighted by molar-refractivity contribution is 6.05. The highest BCUT2D eigenvalue weighted by Gasteiger charge is 2.32. The van der Waals surface area contributed by atoms with Crippen LogP contribution < -0.4 is 0 Å². The Labute approximate surface area is 147 Å². The molecule has 1 aromatic heterocycles. The second kappa shape index (κ2) is 6.82. The third-order valence-corrected chi connectivity index (χ3v) is 5.43.